The zero-order valence-electron chi connectivity index (χ0n) is 13.7. The first-order chi connectivity index (χ1) is 12.7. The number of benzene rings is 1. The number of hydrogen-bond acceptors (Lipinski definition) is 5. The minimum atomic E-state index is -1.07. The molecule has 0 radical (unpaired) electrons. The molecule has 3 heterocycles. The van der Waals surface area contributed by atoms with Crippen LogP contribution < -0.4 is 0 Å². The number of carbonyl (C=O) groups is 1. The third kappa shape index (κ3) is 3.17. The Balaban J connectivity index is 1.64. The van der Waals surface area contributed by atoms with Gasteiger partial charge in [0.2, 0.25) is 5.90 Å². The third-order valence-corrected chi connectivity index (χ3v) is 4.03. The molecular formula is C20H15N3O3. The summed E-state index contributed by atoms with van der Waals surface area (Å²) in [6.07, 6.45) is 0. The van der Waals surface area contributed by atoms with E-state index in [4.69, 9.17) is 9.84 Å². The van der Waals surface area contributed by atoms with Crippen LogP contribution in [0.3, 0.4) is 0 Å². The summed E-state index contributed by atoms with van der Waals surface area (Å²) in [5.41, 5.74) is 2.73. The average Bonchev–Trinajstić information content (AvgIpc) is 3.19. The van der Waals surface area contributed by atoms with Crippen molar-refractivity contribution < 1.29 is 14.6 Å². The fourth-order valence-corrected chi connectivity index (χ4v) is 2.75. The van der Waals surface area contributed by atoms with E-state index in [-0.39, 0.29) is 11.7 Å². The number of pyridine rings is 2. The van der Waals surface area contributed by atoms with E-state index in [2.05, 4.69) is 15.0 Å². The van der Waals surface area contributed by atoms with Crippen molar-refractivity contribution in [2.24, 2.45) is 4.99 Å². The molecule has 0 amide bonds. The number of rotatable bonds is 4. The fraction of sp³-hybridized carbons (Fsp3) is 0.100. The summed E-state index contributed by atoms with van der Waals surface area (Å²) in [4.78, 5) is 24.4. The highest BCUT2D eigenvalue weighted by Gasteiger charge is 2.22. The molecule has 0 fully saturated rings. The van der Waals surface area contributed by atoms with Gasteiger partial charge in [-0.2, -0.15) is 0 Å². The molecule has 128 valence electrons. The van der Waals surface area contributed by atoms with Crippen LogP contribution in [0.1, 0.15) is 27.8 Å². The first-order valence-corrected chi connectivity index (χ1v) is 8.14. The Kier molecular flexibility index (Phi) is 4.15. The molecule has 1 atom stereocenters. The zero-order valence-corrected chi connectivity index (χ0v) is 13.7. The normalized spacial score (nSPS) is 16.0. The Morgan fingerprint density at radius 2 is 1.58 bits per heavy atom. The summed E-state index contributed by atoms with van der Waals surface area (Å²) in [5.74, 6) is -0.590. The van der Waals surface area contributed by atoms with Gasteiger partial charge in [-0.3, -0.25) is 0 Å². The quantitative estimate of drug-likeness (QED) is 0.784. The van der Waals surface area contributed by atoms with Crippen LogP contribution >= 0.6 is 0 Å². The first kappa shape index (κ1) is 16.0. The minimum Gasteiger partial charge on any atom is -0.477 e. The van der Waals surface area contributed by atoms with Gasteiger partial charge in [-0.05, 0) is 29.8 Å². The van der Waals surface area contributed by atoms with E-state index >= 15 is 0 Å². The van der Waals surface area contributed by atoms with Crippen molar-refractivity contribution in [2.75, 3.05) is 6.61 Å². The molecule has 3 aromatic rings. The predicted molar refractivity (Wildman–Crippen MR) is 96.1 cm³/mol. The topological polar surface area (TPSA) is 84.7 Å². The minimum absolute atomic E-state index is 0.0201. The Bertz CT molecular complexity index is 986. The van der Waals surface area contributed by atoms with Gasteiger partial charge in [0.15, 0.2) is 0 Å². The molecular weight excluding hydrogens is 330 g/mol. The molecule has 6 heteroatoms. The number of aromatic nitrogens is 2. The number of aromatic carboxylic acids is 1. The Labute approximate surface area is 149 Å². The molecule has 0 unspecified atom stereocenters. The standard InChI is InChI=1S/C20H15N3O3/c24-20(25)17-11-5-9-15(22-17)14-8-4-10-16(21-14)19-23-18(12-26-19)13-6-2-1-3-7-13/h1-11,18H,12H2,(H,24,25)/t18-/m1/s1. The smallest absolute Gasteiger partial charge is 0.354 e. The maximum absolute atomic E-state index is 11.1. The maximum atomic E-state index is 11.1. The van der Waals surface area contributed by atoms with E-state index in [1.165, 1.54) is 6.07 Å². The van der Waals surface area contributed by atoms with Crippen molar-refractivity contribution in [3.05, 3.63) is 83.7 Å². The molecule has 1 N–H and O–H groups in total. The lowest BCUT2D eigenvalue weighted by Gasteiger charge is -2.05. The van der Waals surface area contributed by atoms with Crippen molar-refractivity contribution in [1.82, 2.24) is 9.97 Å². The van der Waals surface area contributed by atoms with Crippen molar-refractivity contribution in [2.45, 2.75) is 6.04 Å². The monoisotopic (exact) mass is 345 g/mol. The van der Waals surface area contributed by atoms with Gasteiger partial charge in [0.1, 0.15) is 24.0 Å². The molecule has 1 aliphatic rings. The maximum Gasteiger partial charge on any atom is 0.354 e. The summed E-state index contributed by atoms with van der Waals surface area (Å²) >= 11 is 0. The SMILES string of the molecule is O=C(O)c1cccc(-c2cccc(C3=N[C@@H](c4ccccc4)CO3)n2)n1. The molecule has 0 aliphatic carbocycles. The number of hydrogen-bond donors (Lipinski definition) is 1. The summed E-state index contributed by atoms with van der Waals surface area (Å²) < 4.78 is 5.73. The first-order valence-electron chi connectivity index (χ1n) is 8.14. The lowest BCUT2D eigenvalue weighted by atomic mass is 10.1. The zero-order chi connectivity index (χ0) is 17.9. The van der Waals surface area contributed by atoms with Crippen LogP contribution in [0.5, 0.6) is 0 Å². The fourth-order valence-electron chi connectivity index (χ4n) is 2.75. The Hall–Kier alpha value is -3.54. The summed E-state index contributed by atoms with van der Waals surface area (Å²) in [6.45, 7) is 0.470. The Morgan fingerprint density at radius 1 is 0.885 bits per heavy atom. The molecule has 4 rings (SSSR count). The number of aliphatic imine (C=N–C) groups is 1. The van der Waals surface area contributed by atoms with E-state index in [1.807, 2.05) is 42.5 Å². The number of nitrogens with zero attached hydrogens (tertiary/aromatic N) is 3. The number of carboxylic acid groups (broad SMARTS) is 1. The van der Waals surface area contributed by atoms with E-state index in [0.717, 1.165) is 5.56 Å². The van der Waals surface area contributed by atoms with Crippen LogP contribution in [0.4, 0.5) is 0 Å². The molecule has 0 saturated carbocycles. The summed E-state index contributed by atoms with van der Waals surface area (Å²) in [6, 6.07) is 20.1. The van der Waals surface area contributed by atoms with E-state index in [1.54, 1.807) is 18.2 Å². The predicted octanol–water partition coefficient (Wildman–Crippen LogP) is 3.36. The molecule has 1 aromatic carbocycles. The van der Waals surface area contributed by atoms with Gasteiger partial charge < -0.3 is 9.84 Å². The molecule has 0 bridgehead atoms. The summed E-state index contributed by atoms with van der Waals surface area (Å²) in [7, 11) is 0. The van der Waals surface area contributed by atoms with E-state index < -0.39 is 5.97 Å². The van der Waals surface area contributed by atoms with Crippen LogP contribution in [-0.2, 0) is 4.74 Å². The van der Waals surface area contributed by atoms with Gasteiger partial charge >= 0.3 is 5.97 Å². The van der Waals surface area contributed by atoms with Gasteiger partial charge in [0.05, 0.1) is 11.4 Å². The van der Waals surface area contributed by atoms with Crippen molar-refractivity contribution in [3.63, 3.8) is 0 Å². The van der Waals surface area contributed by atoms with Crippen molar-refractivity contribution >= 4 is 11.9 Å². The Morgan fingerprint density at radius 3 is 2.35 bits per heavy atom. The van der Waals surface area contributed by atoms with Crippen LogP contribution in [-0.4, -0.2) is 33.5 Å². The molecule has 1 aliphatic heterocycles. The largest absolute Gasteiger partial charge is 0.477 e. The summed E-state index contributed by atoms with van der Waals surface area (Å²) in [5, 5.41) is 9.10. The highest BCUT2D eigenvalue weighted by Crippen LogP contribution is 2.25. The molecule has 2 aromatic heterocycles. The molecule has 0 spiro atoms. The molecule has 0 saturated heterocycles. The number of ether oxygens (including phenoxy) is 1. The van der Waals surface area contributed by atoms with E-state index in [9.17, 15) is 4.79 Å². The highest BCUT2D eigenvalue weighted by molar-refractivity contribution is 5.94. The second-order valence-electron chi connectivity index (χ2n) is 5.79. The van der Waals surface area contributed by atoms with Gasteiger partial charge in [0, 0.05) is 0 Å². The second kappa shape index (κ2) is 6.76. The number of carboxylic acids is 1. The van der Waals surface area contributed by atoms with Crippen molar-refractivity contribution in [1.29, 1.82) is 0 Å². The lowest BCUT2D eigenvalue weighted by Crippen LogP contribution is -2.05. The van der Waals surface area contributed by atoms with Crippen LogP contribution in [0, 0.1) is 0 Å². The molecule has 6 nitrogen and oxygen atoms in total. The van der Waals surface area contributed by atoms with E-state index in [0.29, 0.717) is 29.6 Å². The van der Waals surface area contributed by atoms with Crippen LogP contribution in [0.2, 0.25) is 0 Å². The third-order valence-electron chi connectivity index (χ3n) is 4.03. The highest BCUT2D eigenvalue weighted by atomic mass is 16.5. The second-order valence-corrected chi connectivity index (χ2v) is 5.79. The van der Waals surface area contributed by atoms with Crippen LogP contribution in [0.25, 0.3) is 11.4 Å². The van der Waals surface area contributed by atoms with Gasteiger partial charge in [0.25, 0.3) is 0 Å². The van der Waals surface area contributed by atoms with Crippen molar-refractivity contribution in [3.8, 4) is 11.4 Å². The van der Waals surface area contributed by atoms with Gasteiger partial charge in [-0.25, -0.2) is 19.8 Å². The molecule has 26 heavy (non-hydrogen) atoms. The van der Waals surface area contributed by atoms with Gasteiger partial charge in [-0.1, -0.05) is 42.5 Å². The van der Waals surface area contributed by atoms with Crippen LogP contribution in [0.15, 0.2) is 71.7 Å². The lowest BCUT2D eigenvalue weighted by molar-refractivity contribution is 0.0690. The average molecular weight is 345 g/mol. The van der Waals surface area contributed by atoms with Gasteiger partial charge in [-0.15, -0.1) is 0 Å².